The normalized spacial score (nSPS) is 12.6. The van der Waals surface area contributed by atoms with Gasteiger partial charge in [-0.15, -0.1) is 11.6 Å². The highest BCUT2D eigenvalue weighted by Crippen LogP contribution is 2.32. The Morgan fingerprint density at radius 2 is 2.06 bits per heavy atom. The SMILES string of the molecule is COc1ccc(C(C)C)cc1C(Cl)C(=O)O. The highest BCUT2D eigenvalue weighted by atomic mass is 35.5. The van der Waals surface area contributed by atoms with Crippen molar-refractivity contribution in [3.8, 4) is 5.75 Å². The van der Waals surface area contributed by atoms with Crippen LogP contribution in [0.4, 0.5) is 0 Å². The van der Waals surface area contributed by atoms with Crippen LogP contribution >= 0.6 is 11.6 Å². The van der Waals surface area contributed by atoms with Crippen molar-refractivity contribution < 1.29 is 14.6 Å². The molecule has 3 nitrogen and oxygen atoms in total. The summed E-state index contributed by atoms with van der Waals surface area (Å²) in [6, 6.07) is 5.46. The van der Waals surface area contributed by atoms with Crippen molar-refractivity contribution >= 4 is 17.6 Å². The molecule has 0 aliphatic heterocycles. The number of carboxylic acid groups (broad SMARTS) is 1. The van der Waals surface area contributed by atoms with Crippen LogP contribution in [0.2, 0.25) is 0 Å². The fraction of sp³-hybridized carbons (Fsp3) is 0.417. The minimum Gasteiger partial charge on any atom is -0.496 e. The lowest BCUT2D eigenvalue weighted by Crippen LogP contribution is -2.07. The Bertz CT molecular complexity index is 388. The molecule has 1 unspecified atom stereocenters. The summed E-state index contributed by atoms with van der Waals surface area (Å²) in [7, 11) is 1.50. The van der Waals surface area contributed by atoms with Crippen molar-refractivity contribution in [1.82, 2.24) is 0 Å². The molecule has 0 aliphatic rings. The van der Waals surface area contributed by atoms with E-state index in [0.717, 1.165) is 5.56 Å². The van der Waals surface area contributed by atoms with E-state index in [0.29, 0.717) is 17.2 Å². The van der Waals surface area contributed by atoms with E-state index in [9.17, 15) is 4.79 Å². The molecule has 0 aromatic heterocycles. The van der Waals surface area contributed by atoms with Crippen molar-refractivity contribution in [2.45, 2.75) is 25.1 Å². The fourth-order valence-corrected chi connectivity index (χ4v) is 1.61. The summed E-state index contributed by atoms with van der Waals surface area (Å²) >= 11 is 5.82. The number of hydrogen-bond donors (Lipinski definition) is 1. The van der Waals surface area contributed by atoms with Crippen LogP contribution in [0.25, 0.3) is 0 Å². The summed E-state index contributed by atoms with van der Waals surface area (Å²) in [4.78, 5) is 10.9. The average molecular weight is 243 g/mol. The number of alkyl halides is 1. The number of hydrogen-bond acceptors (Lipinski definition) is 2. The van der Waals surface area contributed by atoms with Crippen LogP contribution in [0, 0.1) is 0 Å². The molecular formula is C12H15ClO3. The first-order valence-electron chi connectivity index (χ1n) is 5.02. The predicted octanol–water partition coefficient (Wildman–Crippen LogP) is 3.18. The summed E-state index contributed by atoms with van der Waals surface area (Å²) in [6.45, 7) is 4.07. The van der Waals surface area contributed by atoms with Crippen molar-refractivity contribution in [1.29, 1.82) is 0 Å². The molecule has 1 atom stereocenters. The van der Waals surface area contributed by atoms with E-state index in [4.69, 9.17) is 21.4 Å². The van der Waals surface area contributed by atoms with Gasteiger partial charge in [0.15, 0.2) is 5.38 Å². The second-order valence-corrected chi connectivity index (χ2v) is 4.29. The van der Waals surface area contributed by atoms with E-state index >= 15 is 0 Å². The van der Waals surface area contributed by atoms with E-state index in [1.54, 1.807) is 12.1 Å². The van der Waals surface area contributed by atoms with Crippen LogP contribution in [-0.2, 0) is 4.79 Å². The van der Waals surface area contributed by atoms with Crippen LogP contribution in [0.3, 0.4) is 0 Å². The molecule has 1 aromatic carbocycles. The molecule has 88 valence electrons. The number of rotatable bonds is 4. The number of ether oxygens (including phenoxy) is 1. The third-order valence-electron chi connectivity index (χ3n) is 2.41. The molecule has 1 rings (SSSR count). The molecule has 0 radical (unpaired) electrons. The van der Waals surface area contributed by atoms with Crippen LogP contribution in [0.5, 0.6) is 5.75 Å². The van der Waals surface area contributed by atoms with Crippen molar-refractivity contribution in [2.24, 2.45) is 0 Å². The zero-order valence-electron chi connectivity index (χ0n) is 9.53. The first-order valence-corrected chi connectivity index (χ1v) is 5.45. The first-order chi connectivity index (χ1) is 7.47. The third-order valence-corrected chi connectivity index (χ3v) is 2.83. The van der Waals surface area contributed by atoms with Gasteiger partial charge in [0.2, 0.25) is 0 Å². The minimum absolute atomic E-state index is 0.322. The number of carboxylic acids is 1. The van der Waals surface area contributed by atoms with Gasteiger partial charge in [-0.2, -0.15) is 0 Å². The topological polar surface area (TPSA) is 46.5 Å². The summed E-state index contributed by atoms with van der Waals surface area (Å²) in [5.74, 6) is -0.241. The molecule has 0 spiro atoms. The molecular weight excluding hydrogens is 228 g/mol. The molecule has 0 heterocycles. The monoisotopic (exact) mass is 242 g/mol. The maximum absolute atomic E-state index is 10.9. The lowest BCUT2D eigenvalue weighted by molar-refractivity contribution is -0.136. The van der Waals surface area contributed by atoms with E-state index in [1.165, 1.54) is 7.11 Å². The lowest BCUT2D eigenvalue weighted by Gasteiger charge is -2.14. The van der Waals surface area contributed by atoms with Gasteiger partial charge >= 0.3 is 5.97 Å². The van der Waals surface area contributed by atoms with Crippen LogP contribution in [0.15, 0.2) is 18.2 Å². The number of methoxy groups -OCH3 is 1. The minimum atomic E-state index is -1.08. The van der Waals surface area contributed by atoms with Gasteiger partial charge in [-0.3, -0.25) is 4.79 Å². The van der Waals surface area contributed by atoms with Gasteiger partial charge in [0.25, 0.3) is 0 Å². The largest absolute Gasteiger partial charge is 0.496 e. The molecule has 4 heteroatoms. The van der Waals surface area contributed by atoms with Gasteiger partial charge in [0.05, 0.1) is 7.11 Å². The highest BCUT2D eigenvalue weighted by molar-refractivity contribution is 6.29. The fourth-order valence-electron chi connectivity index (χ4n) is 1.44. The Labute approximate surface area is 100.0 Å². The second-order valence-electron chi connectivity index (χ2n) is 3.86. The third kappa shape index (κ3) is 2.67. The summed E-state index contributed by atoms with van der Waals surface area (Å²) < 4.78 is 5.10. The number of carbonyl (C=O) groups is 1. The van der Waals surface area contributed by atoms with Gasteiger partial charge in [-0.05, 0) is 23.6 Å². The van der Waals surface area contributed by atoms with E-state index < -0.39 is 11.3 Å². The Morgan fingerprint density at radius 1 is 1.44 bits per heavy atom. The van der Waals surface area contributed by atoms with Crippen LogP contribution in [-0.4, -0.2) is 18.2 Å². The summed E-state index contributed by atoms with van der Waals surface area (Å²) in [5.41, 5.74) is 1.55. The second kappa shape index (κ2) is 5.21. The van der Waals surface area contributed by atoms with E-state index in [-0.39, 0.29) is 0 Å². The maximum Gasteiger partial charge on any atom is 0.326 e. The van der Waals surface area contributed by atoms with Gasteiger partial charge in [-0.1, -0.05) is 19.9 Å². The molecule has 1 N–H and O–H groups in total. The van der Waals surface area contributed by atoms with Gasteiger partial charge in [0, 0.05) is 5.56 Å². The summed E-state index contributed by atoms with van der Waals surface area (Å²) in [6.07, 6.45) is 0. The number of halogens is 1. The highest BCUT2D eigenvalue weighted by Gasteiger charge is 2.21. The Kier molecular flexibility index (Phi) is 4.19. The maximum atomic E-state index is 10.9. The zero-order chi connectivity index (χ0) is 12.3. The Balaban J connectivity index is 3.21. The van der Waals surface area contributed by atoms with Crippen molar-refractivity contribution in [2.75, 3.05) is 7.11 Å². The lowest BCUT2D eigenvalue weighted by atomic mass is 9.99. The molecule has 0 amide bonds. The molecule has 0 saturated heterocycles. The molecule has 0 saturated carbocycles. The quantitative estimate of drug-likeness (QED) is 0.825. The predicted molar refractivity (Wildman–Crippen MR) is 63.3 cm³/mol. The first kappa shape index (κ1) is 12.8. The summed E-state index contributed by atoms with van der Waals surface area (Å²) in [5, 5.41) is 7.82. The molecule has 16 heavy (non-hydrogen) atoms. The van der Waals surface area contributed by atoms with E-state index in [2.05, 4.69) is 0 Å². The Hall–Kier alpha value is -1.22. The van der Waals surface area contributed by atoms with Gasteiger partial charge in [-0.25, -0.2) is 0 Å². The molecule has 0 fully saturated rings. The zero-order valence-corrected chi connectivity index (χ0v) is 10.3. The standard InChI is InChI=1S/C12H15ClO3/c1-7(2)8-4-5-10(16-3)9(6-8)11(13)12(14)15/h4-7,11H,1-3H3,(H,14,15). The Morgan fingerprint density at radius 3 is 2.50 bits per heavy atom. The van der Waals surface area contributed by atoms with Gasteiger partial charge in [0.1, 0.15) is 5.75 Å². The van der Waals surface area contributed by atoms with Crippen LogP contribution in [0.1, 0.15) is 36.3 Å². The number of aliphatic carboxylic acids is 1. The smallest absolute Gasteiger partial charge is 0.326 e. The van der Waals surface area contributed by atoms with Crippen LogP contribution < -0.4 is 4.74 Å². The van der Waals surface area contributed by atoms with Crippen molar-refractivity contribution in [3.05, 3.63) is 29.3 Å². The molecule has 1 aromatic rings. The van der Waals surface area contributed by atoms with E-state index in [1.807, 2.05) is 19.9 Å². The van der Waals surface area contributed by atoms with Gasteiger partial charge < -0.3 is 9.84 Å². The van der Waals surface area contributed by atoms with Crippen molar-refractivity contribution in [3.63, 3.8) is 0 Å². The average Bonchev–Trinajstić information content (AvgIpc) is 2.26. The number of benzene rings is 1. The molecule has 0 aliphatic carbocycles. The molecule has 0 bridgehead atoms.